The standard InChI is InChI=1S/C19H18N2O5S/c1-25-15-6-3-2-5-14(15)21-18(23)17(22)20-12-19(24,13-8-9-26-11-13)16-7-4-10-27-16/h2-11,24H,12H2,1H3,(H,20,22)(H,21,23). The Morgan fingerprint density at radius 2 is 2.00 bits per heavy atom. The van der Waals surface area contributed by atoms with Gasteiger partial charge in [0.2, 0.25) is 0 Å². The van der Waals surface area contributed by atoms with Crippen LogP contribution in [0, 0.1) is 0 Å². The van der Waals surface area contributed by atoms with Gasteiger partial charge in [-0.25, -0.2) is 0 Å². The van der Waals surface area contributed by atoms with Gasteiger partial charge in [-0.05, 0) is 29.6 Å². The van der Waals surface area contributed by atoms with E-state index in [1.165, 1.54) is 31.0 Å². The number of anilines is 1. The molecule has 2 amide bonds. The molecule has 7 nitrogen and oxygen atoms in total. The lowest BCUT2D eigenvalue weighted by atomic mass is 9.94. The van der Waals surface area contributed by atoms with Crippen LogP contribution in [0.25, 0.3) is 0 Å². The Labute approximate surface area is 159 Å². The largest absolute Gasteiger partial charge is 0.495 e. The third-order valence-electron chi connectivity index (χ3n) is 3.99. The van der Waals surface area contributed by atoms with E-state index in [-0.39, 0.29) is 6.54 Å². The molecule has 0 saturated heterocycles. The van der Waals surface area contributed by atoms with Crippen molar-refractivity contribution in [3.63, 3.8) is 0 Å². The second-order valence-corrected chi connectivity index (χ2v) is 6.63. The SMILES string of the molecule is COc1ccccc1NC(=O)C(=O)NCC(O)(c1ccoc1)c1cccs1. The Morgan fingerprint density at radius 1 is 1.19 bits per heavy atom. The number of methoxy groups -OCH3 is 1. The molecule has 2 heterocycles. The van der Waals surface area contributed by atoms with E-state index < -0.39 is 17.4 Å². The topological polar surface area (TPSA) is 101 Å². The van der Waals surface area contributed by atoms with Gasteiger partial charge in [-0.1, -0.05) is 18.2 Å². The van der Waals surface area contributed by atoms with Crippen molar-refractivity contribution in [3.05, 3.63) is 70.8 Å². The second-order valence-electron chi connectivity index (χ2n) is 5.69. The van der Waals surface area contributed by atoms with Gasteiger partial charge < -0.3 is 24.9 Å². The number of carbonyl (C=O) groups is 2. The Kier molecular flexibility index (Phi) is 5.58. The van der Waals surface area contributed by atoms with Crippen molar-refractivity contribution in [1.29, 1.82) is 0 Å². The summed E-state index contributed by atoms with van der Waals surface area (Å²) < 4.78 is 10.2. The van der Waals surface area contributed by atoms with Gasteiger partial charge >= 0.3 is 11.8 Å². The lowest BCUT2D eigenvalue weighted by Crippen LogP contribution is -2.44. The molecule has 3 rings (SSSR count). The van der Waals surface area contributed by atoms with Gasteiger partial charge in [0.1, 0.15) is 11.4 Å². The van der Waals surface area contributed by atoms with Gasteiger partial charge in [0.05, 0.1) is 31.9 Å². The number of rotatable bonds is 6. The maximum Gasteiger partial charge on any atom is 0.313 e. The molecule has 2 aromatic heterocycles. The summed E-state index contributed by atoms with van der Waals surface area (Å²) in [4.78, 5) is 25.1. The number of aliphatic hydroxyl groups is 1. The number of hydrogen-bond donors (Lipinski definition) is 3. The summed E-state index contributed by atoms with van der Waals surface area (Å²) in [7, 11) is 1.47. The fourth-order valence-electron chi connectivity index (χ4n) is 2.56. The average Bonchev–Trinajstić information content (AvgIpc) is 3.40. The van der Waals surface area contributed by atoms with Crippen molar-refractivity contribution in [2.24, 2.45) is 0 Å². The predicted octanol–water partition coefficient (Wildman–Crippen LogP) is 2.34. The Bertz CT molecular complexity index is 872. The van der Waals surface area contributed by atoms with Crippen molar-refractivity contribution >= 4 is 28.8 Å². The number of para-hydroxylation sites is 2. The molecular formula is C19H18N2O5S. The van der Waals surface area contributed by atoms with Crippen molar-refractivity contribution in [2.45, 2.75) is 5.60 Å². The number of carbonyl (C=O) groups excluding carboxylic acids is 2. The first-order valence-electron chi connectivity index (χ1n) is 8.06. The van der Waals surface area contributed by atoms with Crippen molar-refractivity contribution in [1.82, 2.24) is 5.32 Å². The summed E-state index contributed by atoms with van der Waals surface area (Å²) in [6, 6.07) is 11.9. The van der Waals surface area contributed by atoms with E-state index in [1.807, 2.05) is 5.38 Å². The minimum absolute atomic E-state index is 0.189. The minimum atomic E-state index is -1.50. The predicted molar refractivity (Wildman–Crippen MR) is 101 cm³/mol. The molecule has 0 bridgehead atoms. The van der Waals surface area contributed by atoms with E-state index in [1.54, 1.807) is 42.5 Å². The molecule has 0 saturated carbocycles. The Balaban J connectivity index is 1.70. The zero-order chi connectivity index (χ0) is 19.3. The summed E-state index contributed by atoms with van der Waals surface area (Å²) in [5.41, 5.74) is -0.638. The minimum Gasteiger partial charge on any atom is -0.495 e. The van der Waals surface area contributed by atoms with Crippen LogP contribution >= 0.6 is 11.3 Å². The zero-order valence-corrected chi connectivity index (χ0v) is 15.3. The number of thiophene rings is 1. The first kappa shape index (κ1) is 18.7. The van der Waals surface area contributed by atoms with Crippen LogP contribution in [0.3, 0.4) is 0 Å². The molecule has 0 spiro atoms. The van der Waals surface area contributed by atoms with Gasteiger partial charge in [0.25, 0.3) is 0 Å². The van der Waals surface area contributed by atoms with Crippen molar-refractivity contribution < 1.29 is 23.8 Å². The number of furan rings is 1. The summed E-state index contributed by atoms with van der Waals surface area (Å²) in [5, 5.41) is 17.9. The van der Waals surface area contributed by atoms with E-state index in [9.17, 15) is 14.7 Å². The van der Waals surface area contributed by atoms with Crippen LogP contribution < -0.4 is 15.4 Å². The van der Waals surface area contributed by atoms with E-state index in [0.29, 0.717) is 21.9 Å². The van der Waals surface area contributed by atoms with Gasteiger partial charge in [-0.2, -0.15) is 0 Å². The summed E-state index contributed by atoms with van der Waals surface area (Å²) in [6.45, 7) is -0.189. The molecule has 0 aliphatic rings. The fraction of sp³-hybridized carbons (Fsp3) is 0.158. The summed E-state index contributed by atoms with van der Waals surface area (Å²) in [6.07, 6.45) is 2.84. The Morgan fingerprint density at radius 3 is 2.67 bits per heavy atom. The quantitative estimate of drug-likeness (QED) is 0.565. The molecule has 27 heavy (non-hydrogen) atoms. The fourth-order valence-corrected chi connectivity index (χ4v) is 3.41. The molecule has 8 heteroatoms. The van der Waals surface area contributed by atoms with Gasteiger partial charge in [-0.15, -0.1) is 11.3 Å². The molecule has 0 fully saturated rings. The molecule has 3 N–H and O–H groups in total. The number of ether oxygens (including phenoxy) is 1. The number of hydrogen-bond acceptors (Lipinski definition) is 6. The lowest BCUT2D eigenvalue weighted by Gasteiger charge is -2.26. The van der Waals surface area contributed by atoms with Crippen LogP contribution in [0.1, 0.15) is 10.4 Å². The van der Waals surface area contributed by atoms with Crippen LogP contribution in [-0.4, -0.2) is 30.6 Å². The average molecular weight is 386 g/mol. The van der Waals surface area contributed by atoms with Crippen LogP contribution in [0.15, 0.2) is 64.8 Å². The third-order valence-corrected chi connectivity index (χ3v) is 5.01. The molecule has 1 aromatic carbocycles. The Hall–Kier alpha value is -3.10. The first-order chi connectivity index (χ1) is 13.0. The monoisotopic (exact) mass is 386 g/mol. The smallest absolute Gasteiger partial charge is 0.313 e. The molecule has 1 unspecified atom stereocenters. The van der Waals surface area contributed by atoms with Gasteiger partial charge in [0, 0.05) is 10.4 Å². The van der Waals surface area contributed by atoms with Gasteiger partial charge in [0.15, 0.2) is 0 Å². The number of amides is 2. The molecule has 0 radical (unpaired) electrons. The second kappa shape index (κ2) is 8.07. The van der Waals surface area contributed by atoms with E-state index in [2.05, 4.69) is 10.6 Å². The van der Waals surface area contributed by atoms with Crippen LogP contribution in [0.5, 0.6) is 5.75 Å². The molecular weight excluding hydrogens is 368 g/mol. The van der Waals surface area contributed by atoms with Crippen LogP contribution in [0.2, 0.25) is 0 Å². The summed E-state index contributed by atoms with van der Waals surface area (Å²) >= 11 is 1.34. The maximum absolute atomic E-state index is 12.2. The van der Waals surface area contributed by atoms with Crippen molar-refractivity contribution in [2.75, 3.05) is 19.0 Å². The van der Waals surface area contributed by atoms with Crippen LogP contribution in [0.4, 0.5) is 5.69 Å². The molecule has 0 aliphatic carbocycles. The van der Waals surface area contributed by atoms with Crippen LogP contribution in [-0.2, 0) is 15.2 Å². The summed E-state index contributed by atoms with van der Waals surface area (Å²) in [5.74, 6) is -1.30. The highest BCUT2D eigenvalue weighted by molar-refractivity contribution is 7.10. The maximum atomic E-state index is 12.2. The van der Waals surface area contributed by atoms with Gasteiger partial charge in [-0.3, -0.25) is 9.59 Å². The number of nitrogens with one attached hydrogen (secondary N) is 2. The highest BCUT2D eigenvalue weighted by Gasteiger charge is 2.35. The first-order valence-corrected chi connectivity index (χ1v) is 8.94. The zero-order valence-electron chi connectivity index (χ0n) is 14.5. The van der Waals surface area contributed by atoms with E-state index >= 15 is 0 Å². The number of benzene rings is 1. The van der Waals surface area contributed by atoms with E-state index in [4.69, 9.17) is 9.15 Å². The molecule has 0 aliphatic heterocycles. The van der Waals surface area contributed by atoms with Crippen molar-refractivity contribution in [3.8, 4) is 5.75 Å². The third kappa shape index (κ3) is 4.02. The highest BCUT2D eigenvalue weighted by atomic mass is 32.1. The normalized spacial score (nSPS) is 12.8. The molecule has 3 aromatic rings. The van der Waals surface area contributed by atoms with E-state index in [0.717, 1.165) is 0 Å². The highest BCUT2D eigenvalue weighted by Crippen LogP contribution is 2.32. The lowest BCUT2D eigenvalue weighted by molar-refractivity contribution is -0.136. The molecule has 140 valence electrons. The molecule has 1 atom stereocenters.